The van der Waals surface area contributed by atoms with E-state index in [1.54, 1.807) is 35.4 Å². The van der Waals surface area contributed by atoms with Crippen molar-refractivity contribution in [3.05, 3.63) is 43.0 Å². The molecule has 0 aliphatic heterocycles. The summed E-state index contributed by atoms with van der Waals surface area (Å²) in [5, 5.41) is 14.5. The van der Waals surface area contributed by atoms with Crippen molar-refractivity contribution in [2.75, 3.05) is 7.05 Å². The van der Waals surface area contributed by atoms with Crippen molar-refractivity contribution in [1.82, 2.24) is 20.2 Å². The molecule has 3 N–H and O–H groups in total. The number of hydrogen-bond donors (Lipinski definition) is 3. The second-order valence-electron chi connectivity index (χ2n) is 7.62. The molecule has 0 fully saturated rings. The number of carbonyl (C=O) groups excluding carboxylic acids is 2. The number of rotatable bonds is 7. The van der Waals surface area contributed by atoms with Crippen LogP contribution in [0, 0.1) is 5.41 Å². The first kappa shape index (κ1) is 21.1. The van der Waals surface area contributed by atoms with Gasteiger partial charge < -0.3 is 20.3 Å². The number of aromatic nitrogens is 2. The lowest BCUT2D eigenvalue weighted by Gasteiger charge is -2.31. The zero-order chi connectivity index (χ0) is 20.9. The molecule has 2 rings (SSSR count). The maximum atomic E-state index is 12.9. The first-order chi connectivity index (χ1) is 13.1. The number of nitrogens with one attached hydrogen (secondary N) is 2. The Balaban J connectivity index is 2.30. The van der Waals surface area contributed by atoms with Gasteiger partial charge in [-0.1, -0.05) is 20.8 Å². The van der Waals surface area contributed by atoms with E-state index in [1.807, 2.05) is 32.9 Å². The molecular formula is C20H26N4O4. The fourth-order valence-corrected chi connectivity index (χ4v) is 2.88. The number of amides is 2. The molecule has 28 heavy (non-hydrogen) atoms. The Labute approximate surface area is 164 Å². The van der Waals surface area contributed by atoms with Crippen LogP contribution < -0.4 is 10.6 Å². The number of pyridine rings is 1. The second-order valence-corrected chi connectivity index (χ2v) is 7.62. The average molecular weight is 386 g/mol. The van der Waals surface area contributed by atoms with Crippen molar-refractivity contribution < 1.29 is 19.5 Å². The van der Waals surface area contributed by atoms with E-state index in [0.717, 1.165) is 11.1 Å². The summed E-state index contributed by atoms with van der Waals surface area (Å²) >= 11 is 0. The molecule has 0 aliphatic rings. The van der Waals surface area contributed by atoms with E-state index in [1.165, 1.54) is 7.05 Å². The zero-order valence-corrected chi connectivity index (χ0v) is 16.5. The first-order valence-electron chi connectivity index (χ1n) is 8.95. The Kier molecular flexibility index (Phi) is 6.56. The third-order valence-corrected chi connectivity index (χ3v) is 4.42. The lowest BCUT2D eigenvalue weighted by atomic mass is 9.86. The van der Waals surface area contributed by atoms with Crippen molar-refractivity contribution in [1.29, 1.82) is 0 Å². The summed E-state index contributed by atoms with van der Waals surface area (Å²) in [4.78, 5) is 40.5. The second kappa shape index (κ2) is 8.69. The minimum absolute atomic E-state index is 0.333. The molecule has 0 radical (unpaired) electrons. The van der Waals surface area contributed by atoms with Gasteiger partial charge in [-0.25, -0.2) is 0 Å². The lowest BCUT2D eigenvalue weighted by molar-refractivity contribution is -0.141. The Morgan fingerprint density at radius 3 is 2.29 bits per heavy atom. The summed E-state index contributed by atoms with van der Waals surface area (Å²) in [5.74, 6) is -1.96. The number of hydrogen-bond acceptors (Lipinski definition) is 4. The van der Waals surface area contributed by atoms with E-state index < -0.39 is 35.8 Å². The van der Waals surface area contributed by atoms with Gasteiger partial charge in [0.05, 0.1) is 6.42 Å². The molecule has 2 atom stereocenters. The van der Waals surface area contributed by atoms with Crippen LogP contribution in [-0.4, -0.2) is 45.5 Å². The third-order valence-electron chi connectivity index (χ3n) is 4.42. The van der Waals surface area contributed by atoms with Gasteiger partial charge >= 0.3 is 5.97 Å². The summed E-state index contributed by atoms with van der Waals surface area (Å²) in [5.41, 5.74) is 1.20. The fraction of sp³-hybridized carbons (Fsp3) is 0.400. The van der Waals surface area contributed by atoms with Gasteiger partial charge in [-0.05, 0) is 34.7 Å². The number of carbonyl (C=O) groups is 3. The Bertz CT molecular complexity index is 839. The molecule has 0 aliphatic carbocycles. The summed E-state index contributed by atoms with van der Waals surface area (Å²) < 4.78 is 1.56. The van der Waals surface area contributed by atoms with Crippen LogP contribution in [0.25, 0.3) is 11.1 Å². The summed E-state index contributed by atoms with van der Waals surface area (Å²) in [7, 11) is 1.49. The fourth-order valence-electron chi connectivity index (χ4n) is 2.88. The molecule has 2 heterocycles. The maximum absolute atomic E-state index is 12.9. The highest BCUT2D eigenvalue weighted by Crippen LogP contribution is 2.24. The minimum atomic E-state index is -1.11. The number of aliphatic carboxylic acids is 1. The van der Waals surface area contributed by atoms with Crippen molar-refractivity contribution in [2.24, 2.45) is 5.41 Å². The molecule has 0 unspecified atom stereocenters. The zero-order valence-electron chi connectivity index (χ0n) is 16.5. The monoisotopic (exact) mass is 386 g/mol. The van der Waals surface area contributed by atoms with Crippen molar-refractivity contribution >= 4 is 17.8 Å². The highest BCUT2D eigenvalue weighted by atomic mass is 16.4. The molecule has 8 heteroatoms. The van der Waals surface area contributed by atoms with Crippen LogP contribution in [0.1, 0.15) is 33.2 Å². The van der Waals surface area contributed by atoms with Crippen LogP contribution in [0.5, 0.6) is 0 Å². The minimum Gasteiger partial charge on any atom is -0.481 e. The SMILES string of the molecule is CNC(=O)[C@@H](NC(=O)[C@@H](CC(=O)O)n1ccc(-c2ccncc2)c1)C(C)(C)C. The predicted octanol–water partition coefficient (Wildman–Crippen LogP) is 1.84. The van der Waals surface area contributed by atoms with Crippen LogP contribution >= 0.6 is 0 Å². The van der Waals surface area contributed by atoms with Crippen LogP contribution in [0.2, 0.25) is 0 Å². The Morgan fingerprint density at radius 2 is 1.75 bits per heavy atom. The van der Waals surface area contributed by atoms with Gasteiger partial charge in [0.15, 0.2) is 0 Å². The van der Waals surface area contributed by atoms with Gasteiger partial charge in [-0.3, -0.25) is 19.4 Å². The lowest BCUT2D eigenvalue weighted by Crippen LogP contribution is -2.54. The van der Waals surface area contributed by atoms with Gasteiger partial charge in [0.1, 0.15) is 12.1 Å². The van der Waals surface area contributed by atoms with Crippen molar-refractivity contribution in [2.45, 2.75) is 39.3 Å². The summed E-state index contributed by atoms with van der Waals surface area (Å²) in [6.45, 7) is 5.49. The van der Waals surface area contributed by atoms with E-state index in [4.69, 9.17) is 0 Å². The van der Waals surface area contributed by atoms with Crippen molar-refractivity contribution in [3.8, 4) is 11.1 Å². The molecule has 0 bridgehead atoms. The maximum Gasteiger partial charge on any atom is 0.306 e. The average Bonchev–Trinajstić information content (AvgIpc) is 3.12. The number of nitrogens with zero attached hydrogens (tertiary/aromatic N) is 2. The molecule has 0 saturated heterocycles. The molecule has 8 nitrogen and oxygen atoms in total. The van der Waals surface area contributed by atoms with E-state index in [9.17, 15) is 19.5 Å². The van der Waals surface area contributed by atoms with Gasteiger partial charge in [0, 0.05) is 31.8 Å². The number of carboxylic acids is 1. The van der Waals surface area contributed by atoms with Gasteiger partial charge in [0.2, 0.25) is 11.8 Å². The normalized spacial score (nSPS) is 13.4. The molecule has 2 aromatic rings. The molecule has 0 spiro atoms. The van der Waals surface area contributed by atoms with Crippen LogP contribution in [0.4, 0.5) is 0 Å². The Morgan fingerprint density at radius 1 is 1.11 bits per heavy atom. The molecule has 2 amide bonds. The quantitative estimate of drug-likeness (QED) is 0.672. The van der Waals surface area contributed by atoms with Gasteiger partial charge in [0.25, 0.3) is 0 Å². The third kappa shape index (κ3) is 5.18. The largest absolute Gasteiger partial charge is 0.481 e. The summed E-state index contributed by atoms with van der Waals surface area (Å²) in [6.07, 6.45) is 6.29. The van der Waals surface area contributed by atoms with Gasteiger partial charge in [-0.2, -0.15) is 0 Å². The van der Waals surface area contributed by atoms with E-state index >= 15 is 0 Å². The molecule has 150 valence electrons. The van der Waals surface area contributed by atoms with E-state index in [2.05, 4.69) is 15.6 Å². The van der Waals surface area contributed by atoms with Crippen molar-refractivity contribution in [3.63, 3.8) is 0 Å². The highest BCUT2D eigenvalue weighted by Gasteiger charge is 2.35. The van der Waals surface area contributed by atoms with E-state index in [-0.39, 0.29) is 5.91 Å². The molecular weight excluding hydrogens is 360 g/mol. The summed E-state index contributed by atoms with van der Waals surface area (Å²) in [6, 6.07) is 3.68. The number of carboxylic acid groups (broad SMARTS) is 1. The smallest absolute Gasteiger partial charge is 0.306 e. The van der Waals surface area contributed by atoms with E-state index in [0.29, 0.717) is 0 Å². The molecule has 2 aromatic heterocycles. The van der Waals surface area contributed by atoms with Crippen LogP contribution in [0.3, 0.4) is 0 Å². The topological polar surface area (TPSA) is 113 Å². The van der Waals surface area contributed by atoms with Crippen LogP contribution in [0.15, 0.2) is 43.0 Å². The molecule has 0 saturated carbocycles. The standard InChI is InChI=1S/C20H26N4O4/c1-20(2,3)17(19(28)21-4)23-18(27)15(11-16(25)26)24-10-7-14(12-24)13-5-8-22-9-6-13/h5-10,12,15,17H,11H2,1-4H3,(H,21,28)(H,23,27)(H,25,26)/t15-,17-/m1/s1. The number of likely N-dealkylation sites (N-methyl/N-ethyl adjacent to an activating group) is 1. The Hall–Kier alpha value is -3.16. The first-order valence-corrected chi connectivity index (χ1v) is 8.95. The predicted molar refractivity (Wildman–Crippen MR) is 104 cm³/mol. The van der Waals surface area contributed by atoms with Crippen LogP contribution in [-0.2, 0) is 14.4 Å². The van der Waals surface area contributed by atoms with Gasteiger partial charge in [-0.15, -0.1) is 0 Å². The molecule has 0 aromatic carbocycles. The highest BCUT2D eigenvalue weighted by molar-refractivity contribution is 5.91.